The van der Waals surface area contributed by atoms with Crippen molar-refractivity contribution in [1.82, 2.24) is 5.32 Å². The van der Waals surface area contributed by atoms with Crippen LogP contribution in [0.15, 0.2) is 60.7 Å². The zero-order valence-electron chi connectivity index (χ0n) is 10.3. The quantitative estimate of drug-likeness (QED) is 0.820. The summed E-state index contributed by atoms with van der Waals surface area (Å²) in [6.45, 7) is 3.22. The maximum absolute atomic E-state index is 3.55. The Kier molecular flexibility index (Phi) is 4.34. The van der Waals surface area contributed by atoms with Gasteiger partial charge in [0, 0.05) is 6.04 Å². The predicted octanol–water partition coefficient (Wildman–Crippen LogP) is 3.58. The van der Waals surface area contributed by atoms with E-state index in [9.17, 15) is 0 Å². The van der Waals surface area contributed by atoms with Gasteiger partial charge in [-0.15, -0.1) is 0 Å². The molecule has 1 unspecified atom stereocenters. The molecule has 1 N–H and O–H groups in total. The second-order valence-electron chi connectivity index (χ2n) is 4.32. The molecule has 0 fully saturated rings. The Balaban J connectivity index is 1.79. The molecule has 0 aliphatic carbocycles. The van der Waals surface area contributed by atoms with Gasteiger partial charge in [-0.25, -0.2) is 0 Å². The normalized spacial score (nSPS) is 12.3. The van der Waals surface area contributed by atoms with Crippen molar-refractivity contribution in [1.29, 1.82) is 0 Å². The Morgan fingerprint density at radius 1 is 0.882 bits per heavy atom. The molecule has 2 aromatic rings. The van der Waals surface area contributed by atoms with Crippen LogP contribution in [0.3, 0.4) is 0 Å². The van der Waals surface area contributed by atoms with Gasteiger partial charge in [-0.1, -0.05) is 60.7 Å². The Morgan fingerprint density at radius 2 is 1.47 bits per heavy atom. The fourth-order valence-corrected chi connectivity index (χ4v) is 1.94. The summed E-state index contributed by atoms with van der Waals surface area (Å²) >= 11 is 0. The zero-order chi connectivity index (χ0) is 11.9. The van der Waals surface area contributed by atoms with E-state index >= 15 is 0 Å². The minimum Gasteiger partial charge on any atom is -0.310 e. The monoisotopic (exact) mass is 225 g/mol. The zero-order valence-corrected chi connectivity index (χ0v) is 10.3. The third-order valence-electron chi connectivity index (χ3n) is 3.01. The average Bonchev–Trinajstić information content (AvgIpc) is 2.41. The largest absolute Gasteiger partial charge is 0.310 e. The topological polar surface area (TPSA) is 12.0 Å². The molecule has 0 heterocycles. The Hall–Kier alpha value is -1.60. The number of benzene rings is 2. The van der Waals surface area contributed by atoms with E-state index in [4.69, 9.17) is 0 Å². The van der Waals surface area contributed by atoms with Gasteiger partial charge in [-0.3, -0.25) is 0 Å². The van der Waals surface area contributed by atoms with Gasteiger partial charge < -0.3 is 5.32 Å². The second kappa shape index (κ2) is 6.21. The first-order valence-electron chi connectivity index (χ1n) is 6.18. The summed E-state index contributed by atoms with van der Waals surface area (Å²) in [7, 11) is 0. The highest BCUT2D eigenvalue weighted by Gasteiger charge is 2.02. The van der Waals surface area contributed by atoms with Gasteiger partial charge in [-0.2, -0.15) is 0 Å². The van der Waals surface area contributed by atoms with E-state index in [2.05, 4.69) is 72.9 Å². The van der Waals surface area contributed by atoms with Crippen molar-refractivity contribution in [2.75, 3.05) is 6.54 Å². The molecule has 1 heteroatoms. The van der Waals surface area contributed by atoms with Gasteiger partial charge in [0.2, 0.25) is 0 Å². The van der Waals surface area contributed by atoms with E-state index in [0.717, 1.165) is 13.0 Å². The molecule has 0 saturated heterocycles. The van der Waals surface area contributed by atoms with Gasteiger partial charge in [0.15, 0.2) is 0 Å². The van der Waals surface area contributed by atoms with Crippen LogP contribution in [-0.4, -0.2) is 6.54 Å². The molecular formula is C16H19N. The summed E-state index contributed by atoms with van der Waals surface area (Å²) in [6.07, 6.45) is 1.08. The average molecular weight is 225 g/mol. The molecule has 0 amide bonds. The van der Waals surface area contributed by atoms with E-state index < -0.39 is 0 Å². The van der Waals surface area contributed by atoms with Crippen LogP contribution >= 0.6 is 0 Å². The van der Waals surface area contributed by atoms with Gasteiger partial charge in [-0.05, 0) is 31.0 Å². The highest BCUT2D eigenvalue weighted by atomic mass is 14.9. The maximum atomic E-state index is 3.55. The molecule has 0 spiro atoms. The second-order valence-corrected chi connectivity index (χ2v) is 4.32. The molecule has 0 aromatic heterocycles. The molecular weight excluding hydrogens is 206 g/mol. The first kappa shape index (κ1) is 11.9. The molecule has 1 atom stereocenters. The standard InChI is InChI=1S/C16H19N/c1-14(16-10-6-3-7-11-16)17-13-12-15-8-4-2-5-9-15/h2-11,14,17H,12-13H2,1H3. The van der Waals surface area contributed by atoms with Crippen LogP contribution < -0.4 is 5.32 Å². The highest BCUT2D eigenvalue weighted by Crippen LogP contribution is 2.10. The molecule has 0 bridgehead atoms. The van der Waals surface area contributed by atoms with Crippen molar-refractivity contribution in [3.8, 4) is 0 Å². The molecule has 88 valence electrons. The molecule has 2 rings (SSSR count). The number of rotatable bonds is 5. The molecule has 17 heavy (non-hydrogen) atoms. The fraction of sp³-hybridized carbons (Fsp3) is 0.250. The minimum absolute atomic E-state index is 0.417. The Bertz CT molecular complexity index is 422. The van der Waals surface area contributed by atoms with Crippen LogP contribution in [0, 0.1) is 0 Å². The predicted molar refractivity (Wildman–Crippen MR) is 73.0 cm³/mol. The Morgan fingerprint density at radius 3 is 2.12 bits per heavy atom. The lowest BCUT2D eigenvalue weighted by Gasteiger charge is -2.14. The van der Waals surface area contributed by atoms with Crippen LogP contribution in [0.2, 0.25) is 0 Å². The number of hydrogen-bond acceptors (Lipinski definition) is 1. The summed E-state index contributed by atoms with van der Waals surface area (Å²) in [5.41, 5.74) is 2.74. The minimum atomic E-state index is 0.417. The van der Waals surface area contributed by atoms with E-state index in [0.29, 0.717) is 6.04 Å². The van der Waals surface area contributed by atoms with Crippen LogP contribution in [0.5, 0.6) is 0 Å². The first-order chi connectivity index (χ1) is 8.36. The van der Waals surface area contributed by atoms with Crippen LogP contribution in [0.1, 0.15) is 24.1 Å². The van der Waals surface area contributed by atoms with E-state index in [1.165, 1.54) is 11.1 Å². The first-order valence-corrected chi connectivity index (χ1v) is 6.18. The molecule has 0 aliphatic heterocycles. The van der Waals surface area contributed by atoms with Crippen LogP contribution in [0.25, 0.3) is 0 Å². The van der Waals surface area contributed by atoms with E-state index in [1.807, 2.05) is 0 Å². The van der Waals surface area contributed by atoms with Crippen molar-refractivity contribution < 1.29 is 0 Å². The van der Waals surface area contributed by atoms with Crippen molar-refractivity contribution >= 4 is 0 Å². The lowest BCUT2D eigenvalue weighted by atomic mass is 10.1. The lowest BCUT2D eigenvalue weighted by Crippen LogP contribution is -2.21. The van der Waals surface area contributed by atoms with Gasteiger partial charge in [0.05, 0.1) is 0 Å². The third-order valence-corrected chi connectivity index (χ3v) is 3.01. The molecule has 0 saturated carbocycles. The van der Waals surface area contributed by atoms with Gasteiger partial charge >= 0.3 is 0 Å². The number of nitrogens with one attached hydrogen (secondary N) is 1. The van der Waals surface area contributed by atoms with Crippen molar-refractivity contribution in [2.45, 2.75) is 19.4 Å². The Labute approximate surface area is 103 Å². The summed E-state index contributed by atoms with van der Waals surface area (Å²) in [6, 6.07) is 21.6. The summed E-state index contributed by atoms with van der Waals surface area (Å²) < 4.78 is 0. The van der Waals surface area contributed by atoms with E-state index in [-0.39, 0.29) is 0 Å². The van der Waals surface area contributed by atoms with Crippen LogP contribution in [-0.2, 0) is 6.42 Å². The van der Waals surface area contributed by atoms with Gasteiger partial charge in [0.25, 0.3) is 0 Å². The van der Waals surface area contributed by atoms with E-state index in [1.54, 1.807) is 0 Å². The summed E-state index contributed by atoms with van der Waals surface area (Å²) in [5, 5.41) is 3.55. The van der Waals surface area contributed by atoms with Gasteiger partial charge in [0.1, 0.15) is 0 Å². The fourth-order valence-electron chi connectivity index (χ4n) is 1.94. The maximum Gasteiger partial charge on any atom is 0.0291 e. The smallest absolute Gasteiger partial charge is 0.0291 e. The van der Waals surface area contributed by atoms with Crippen molar-refractivity contribution in [3.05, 3.63) is 71.8 Å². The third kappa shape index (κ3) is 3.72. The molecule has 0 aliphatic rings. The lowest BCUT2D eigenvalue weighted by molar-refractivity contribution is 0.577. The van der Waals surface area contributed by atoms with Crippen LogP contribution in [0.4, 0.5) is 0 Å². The van der Waals surface area contributed by atoms with Crippen molar-refractivity contribution in [2.24, 2.45) is 0 Å². The summed E-state index contributed by atoms with van der Waals surface area (Å²) in [5.74, 6) is 0. The SMILES string of the molecule is CC(NCCc1ccccc1)c1ccccc1. The summed E-state index contributed by atoms with van der Waals surface area (Å²) in [4.78, 5) is 0. The number of hydrogen-bond donors (Lipinski definition) is 1. The molecule has 1 nitrogen and oxygen atoms in total. The molecule has 0 radical (unpaired) electrons. The molecule has 2 aromatic carbocycles. The highest BCUT2D eigenvalue weighted by molar-refractivity contribution is 5.18. The van der Waals surface area contributed by atoms with Crippen molar-refractivity contribution in [3.63, 3.8) is 0 Å².